The average Bonchev–Trinajstić information content (AvgIpc) is 2.98. The second-order valence-corrected chi connectivity index (χ2v) is 4.54. The Morgan fingerprint density at radius 2 is 1.70 bits per heavy atom. The van der Waals surface area contributed by atoms with E-state index in [1.807, 2.05) is 54.6 Å². The van der Waals surface area contributed by atoms with Crippen molar-refractivity contribution < 1.29 is 5.11 Å². The zero-order valence-electron chi connectivity index (χ0n) is 11.0. The highest BCUT2D eigenvalue weighted by Gasteiger charge is 2.07. The summed E-state index contributed by atoms with van der Waals surface area (Å²) < 4.78 is 0. The van der Waals surface area contributed by atoms with Crippen molar-refractivity contribution in [3.63, 3.8) is 0 Å². The van der Waals surface area contributed by atoms with Crippen LogP contribution in [0.2, 0.25) is 0 Å². The van der Waals surface area contributed by atoms with E-state index in [9.17, 15) is 5.11 Å². The van der Waals surface area contributed by atoms with Gasteiger partial charge < -0.3 is 5.11 Å². The first-order valence-corrected chi connectivity index (χ1v) is 6.38. The van der Waals surface area contributed by atoms with Gasteiger partial charge in [0.1, 0.15) is 0 Å². The summed E-state index contributed by atoms with van der Waals surface area (Å²) in [6, 6.07) is 17.1. The van der Waals surface area contributed by atoms with Gasteiger partial charge in [-0.05, 0) is 29.8 Å². The van der Waals surface area contributed by atoms with Gasteiger partial charge in [0, 0.05) is 5.56 Å². The van der Waals surface area contributed by atoms with Gasteiger partial charge in [0.05, 0.1) is 11.8 Å². The molecule has 0 aliphatic rings. The van der Waals surface area contributed by atoms with Crippen LogP contribution in [0.5, 0.6) is 0 Å². The van der Waals surface area contributed by atoms with E-state index in [1.165, 1.54) is 4.80 Å². The molecule has 1 N–H and O–H groups in total. The summed E-state index contributed by atoms with van der Waals surface area (Å²) >= 11 is 0. The highest BCUT2D eigenvalue weighted by atomic mass is 16.3. The van der Waals surface area contributed by atoms with Gasteiger partial charge in [-0.1, -0.05) is 42.5 Å². The van der Waals surface area contributed by atoms with Gasteiger partial charge in [0.15, 0.2) is 0 Å². The molecule has 1 heterocycles. The van der Waals surface area contributed by atoms with E-state index < -0.39 is 6.10 Å². The van der Waals surface area contributed by atoms with Crippen molar-refractivity contribution in [2.45, 2.75) is 13.0 Å². The first kappa shape index (κ1) is 12.5. The normalized spacial score (nSPS) is 12.3. The monoisotopic (exact) mass is 266 g/mol. The van der Waals surface area contributed by atoms with Crippen LogP contribution in [0.15, 0.2) is 54.6 Å². The fourth-order valence-electron chi connectivity index (χ4n) is 1.91. The molecule has 1 aromatic heterocycles. The highest BCUT2D eigenvalue weighted by Crippen LogP contribution is 2.16. The minimum Gasteiger partial charge on any atom is -0.389 e. The van der Waals surface area contributed by atoms with Crippen LogP contribution in [0, 0.1) is 0 Å². The number of aliphatic hydroxyl groups excluding tert-OH is 1. The van der Waals surface area contributed by atoms with Crippen molar-refractivity contribution in [2.24, 2.45) is 0 Å². The van der Waals surface area contributed by atoms with Crippen molar-refractivity contribution in [3.05, 3.63) is 60.2 Å². The maximum atomic E-state index is 9.49. The number of tetrazole rings is 1. The Balaban J connectivity index is 1.90. The summed E-state index contributed by atoms with van der Waals surface area (Å²) in [6.07, 6.45) is -0.479. The minimum atomic E-state index is -0.479. The number of nitrogens with zero attached hydrogens (tertiary/aromatic N) is 4. The van der Waals surface area contributed by atoms with E-state index in [1.54, 1.807) is 6.92 Å². The molecule has 0 bridgehead atoms. The summed E-state index contributed by atoms with van der Waals surface area (Å²) in [5.41, 5.74) is 2.60. The molecule has 0 fully saturated rings. The first-order valence-electron chi connectivity index (χ1n) is 6.38. The standard InChI is InChI=1S/C15H14N4O/c1-11(20)12-7-9-14(10-8-12)19-17-15(16-18-19)13-5-3-2-4-6-13/h2-11,20H,1H3. The molecule has 100 valence electrons. The number of aliphatic hydroxyl groups is 1. The van der Waals surface area contributed by atoms with Crippen molar-refractivity contribution >= 4 is 0 Å². The molecule has 5 heteroatoms. The van der Waals surface area contributed by atoms with Gasteiger partial charge in [0.2, 0.25) is 5.82 Å². The molecule has 0 amide bonds. The molecule has 1 unspecified atom stereocenters. The molecule has 1 atom stereocenters. The Morgan fingerprint density at radius 1 is 1.00 bits per heavy atom. The van der Waals surface area contributed by atoms with Gasteiger partial charge in [0.25, 0.3) is 0 Å². The molecule has 0 radical (unpaired) electrons. The molecule has 3 rings (SSSR count). The Hall–Kier alpha value is -2.53. The molecule has 3 aromatic rings. The fourth-order valence-corrected chi connectivity index (χ4v) is 1.91. The maximum Gasteiger partial charge on any atom is 0.205 e. The predicted octanol–water partition coefficient (Wildman–Crippen LogP) is 2.38. The van der Waals surface area contributed by atoms with Gasteiger partial charge in [-0.2, -0.15) is 0 Å². The minimum absolute atomic E-state index is 0.479. The van der Waals surface area contributed by atoms with Crippen LogP contribution in [0.3, 0.4) is 0 Å². The molecular weight excluding hydrogens is 252 g/mol. The topological polar surface area (TPSA) is 63.8 Å². The largest absolute Gasteiger partial charge is 0.389 e. The third kappa shape index (κ3) is 2.44. The summed E-state index contributed by atoms with van der Waals surface area (Å²) in [7, 11) is 0. The van der Waals surface area contributed by atoms with Crippen molar-refractivity contribution in [3.8, 4) is 17.1 Å². The number of hydrogen-bond donors (Lipinski definition) is 1. The molecule has 0 spiro atoms. The third-order valence-electron chi connectivity index (χ3n) is 3.05. The highest BCUT2D eigenvalue weighted by molar-refractivity contribution is 5.53. The molecule has 2 aromatic carbocycles. The van der Waals surface area contributed by atoms with Gasteiger partial charge in [-0.15, -0.1) is 15.0 Å². The lowest BCUT2D eigenvalue weighted by Gasteiger charge is -2.04. The van der Waals surface area contributed by atoms with Crippen molar-refractivity contribution in [2.75, 3.05) is 0 Å². The van der Waals surface area contributed by atoms with E-state index in [2.05, 4.69) is 15.4 Å². The van der Waals surface area contributed by atoms with Gasteiger partial charge >= 0.3 is 0 Å². The fraction of sp³-hybridized carbons (Fsp3) is 0.133. The Morgan fingerprint density at radius 3 is 2.35 bits per heavy atom. The second-order valence-electron chi connectivity index (χ2n) is 4.54. The lowest BCUT2D eigenvalue weighted by Crippen LogP contribution is -2.00. The van der Waals surface area contributed by atoms with E-state index in [0.717, 1.165) is 16.8 Å². The van der Waals surface area contributed by atoms with Crippen LogP contribution in [-0.4, -0.2) is 25.3 Å². The van der Waals surface area contributed by atoms with Crippen molar-refractivity contribution in [1.82, 2.24) is 20.2 Å². The number of aromatic nitrogens is 4. The van der Waals surface area contributed by atoms with Gasteiger partial charge in [-0.3, -0.25) is 0 Å². The number of benzene rings is 2. The summed E-state index contributed by atoms with van der Waals surface area (Å²) in [5.74, 6) is 0.588. The lowest BCUT2D eigenvalue weighted by atomic mass is 10.1. The molecular formula is C15H14N4O. The number of hydrogen-bond acceptors (Lipinski definition) is 4. The second kappa shape index (κ2) is 5.22. The summed E-state index contributed by atoms with van der Waals surface area (Å²) in [4.78, 5) is 1.48. The summed E-state index contributed by atoms with van der Waals surface area (Å²) in [6.45, 7) is 1.73. The van der Waals surface area contributed by atoms with Crippen LogP contribution in [0.4, 0.5) is 0 Å². The third-order valence-corrected chi connectivity index (χ3v) is 3.05. The van der Waals surface area contributed by atoms with Crippen LogP contribution >= 0.6 is 0 Å². The van der Waals surface area contributed by atoms with Crippen LogP contribution in [0.1, 0.15) is 18.6 Å². The molecule has 20 heavy (non-hydrogen) atoms. The lowest BCUT2D eigenvalue weighted by molar-refractivity contribution is 0.199. The SMILES string of the molecule is CC(O)c1ccc(-n2nnc(-c3ccccc3)n2)cc1. The quantitative estimate of drug-likeness (QED) is 0.790. The van der Waals surface area contributed by atoms with Gasteiger partial charge in [-0.25, -0.2) is 0 Å². The Labute approximate surface area is 116 Å². The van der Waals surface area contributed by atoms with E-state index in [4.69, 9.17) is 0 Å². The van der Waals surface area contributed by atoms with E-state index >= 15 is 0 Å². The Kier molecular flexibility index (Phi) is 3.26. The zero-order chi connectivity index (χ0) is 13.9. The molecule has 5 nitrogen and oxygen atoms in total. The van der Waals surface area contributed by atoms with E-state index in [0.29, 0.717) is 5.82 Å². The molecule has 0 aliphatic carbocycles. The molecule has 0 aliphatic heterocycles. The van der Waals surface area contributed by atoms with Crippen LogP contribution in [-0.2, 0) is 0 Å². The zero-order valence-corrected chi connectivity index (χ0v) is 11.0. The Bertz CT molecular complexity index is 689. The van der Waals surface area contributed by atoms with Crippen LogP contribution in [0.25, 0.3) is 17.1 Å². The molecule has 0 saturated heterocycles. The van der Waals surface area contributed by atoms with E-state index in [-0.39, 0.29) is 0 Å². The predicted molar refractivity (Wildman–Crippen MR) is 75.2 cm³/mol. The molecule has 0 saturated carbocycles. The smallest absolute Gasteiger partial charge is 0.205 e. The van der Waals surface area contributed by atoms with Crippen molar-refractivity contribution in [1.29, 1.82) is 0 Å². The first-order chi connectivity index (χ1) is 9.74. The summed E-state index contributed by atoms with van der Waals surface area (Å²) in [5, 5.41) is 21.9. The van der Waals surface area contributed by atoms with Crippen LogP contribution < -0.4 is 0 Å². The average molecular weight is 266 g/mol. The maximum absolute atomic E-state index is 9.49. The number of rotatable bonds is 3.